The van der Waals surface area contributed by atoms with E-state index in [4.69, 9.17) is 0 Å². The van der Waals surface area contributed by atoms with Crippen LogP contribution in [0.4, 0.5) is 0 Å². The lowest BCUT2D eigenvalue weighted by atomic mass is 9.96. The molecule has 5 nitrogen and oxygen atoms in total. The van der Waals surface area contributed by atoms with E-state index in [-0.39, 0.29) is 36.7 Å². The largest absolute Gasteiger partial charge is 0.345 e. The van der Waals surface area contributed by atoms with Gasteiger partial charge in [0.15, 0.2) is 0 Å². The normalized spacial score (nSPS) is 13.4. The molecule has 178 valence electrons. The van der Waals surface area contributed by atoms with Gasteiger partial charge in [-0.2, -0.15) is 0 Å². The third-order valence-corrected chi connectivity index (χ3v) is 6.45. The molecule has 0 radical (unpaired) electrons. The molecule has 1 aliphatic heterocycles. The number of hydrogen-bond acceptors (Lipinski definition) is 3. The summed E-state index contributed by atoms with van der Waals surface area (Å²) in [7, 11) is 0. The minimum Gasteiger partial charge on any atom is -0.345 e. The van der Waals surface area contributed by atoms with Crippen molar-refractivity contribution in [2.45, 2.75) is 18.9 Å². The van der Waals surface area contributed by atoms with Gasteiger partial charge in [-0.1, -0.05) is 97.1 Å². The molecular formula is C31H26N2O3. The van der Waals surface area contributed by atoms with Crippen molar-refractivity contribution in [3.8, 4) is 11.1 Å². The van der Waals surface area contributed by atoms with Crippen molar-refractivity contribution in [1.29, 1.82) is 0 Å². The Morgan fingerprint density at radius 3 is 1.75 bits per heavy atom. The van der Waals surface area contributed by atoms with Crippen LogP contribution in [0, 0.1) is 0 Å². The Bertz CT molecular complexity index is 1350. The summed E-state index contributed by atoms with van der Waals surface area (Å²) in [5.41, 5.74) is 5.06. The second-order valence-corrected chi connectivity index (χ2v) is 8.81. The molecule has 0 aromatic heterocycles. The molecule has 0 unspecified atom stereocenters. The molecule has 5 heteroatoms. The number of fused-ring (bicyclic) bond motifs is 1. The Morgan fingerprint density at radius 2 is 1.14 bits per heavy atom. The monoisotopic (exact) mass is 474 g/mol. The number of rotatable bonds is 8. The van der Waals surface area contributed by atoms with Crippen LogP contribution in [0.5, 0.6) is 0 Å². The van der Waals surface area contributed by atoms with Crippen LogP contribution in [0.1, 0.15) is 50.7 Å². The van der Waals surface area contributed by atoms with Crippen LogP contribution >= 0.6 is 0 Å². The van der Waals surface area contributed by atoms with Crippen LogP contribution in [-0.4, -0.2) is 29.2 Å². The number of hydrogen-bond donors (Lipinski definition) is 1. The summed E-state index contributed by atoms with van der Waals surface area (Å²) in [6.45, 7) is 0.210. The summed E-state index contributed by atoms with van der Waals surface area (Å²) >= 11 is 0. The molecule has 0 spiro atoms. The summed E-state index contributed by atoms with van der Waals surface area (Å²) < 4.78 is 0. The molecule has 0 saturated heterocycles. The van der Waals surface area contributed by atoms with E-state index in [1.165, 1.54) is 4.90 Å². The van der Waals surface area contributed by atoms with Gasteiger partial charge in [-0.05, 0) is 40.8 Å². The fourth-order valence-corrected chi connectivity index (χ4v) is 4.58. The van der Waals surface area contributed by atoms with E-state index in [0.29, 0.717) is 17.5 Å². The molecule has 4 aromatic rings. The van der Waals surface area contributed by atoms with E-state index >= 15 is 0 Å². The van der Waals surface area contributed by atoms with Gasteiger partial charge in [0.25, 0.3) is 11.8 Å². The quantitative estimate of drug-likeness (QED) is 0.336. The molecule has 4 aromatic carbocycles. The van der Waals surface area contributed by atoms with Crippen molar-refractivity contribution >= 4 is 17.7 Å². The topological polar surface area (TPSA) is 66.5 Å². The Morgan fingerprint density at radius 1 is 0.639 bits per heavy atom. The van der Waals surface area contributed by atoms with Crippen molar-refractivity contribution in [3.05, 3.63) is 131 Å². The minimum atomic E-state index is -0.303. The highest BCUT2D eigenvalue weighted by Gasteiger charge is 2.34. The van der Waals surface area contributed by atoms with Gasteiger partial charge in [0, 0.05) is 13.0 Å². The van der Waals surface area contributed by atoms with E-state index in [1.54, 1.807) is 24.3 Å². The summed E-state index contributed by atoms with van der Waals surface area (Å²) in [6.07, 6.45) is 0.602. The average Bonchev–Trinajstić information content (AvgIpc) is 3.18. The highest BCUT2D eigenvalue weighted by molar-refractivity contribution is 6.21. The van der Waals surface area contributed by atoms with Gasteiger partial charge < -0.3 is 5.32 Å². The third-order valence-electron chi connectivity index (χ3n) is 6.45. The molecular weight excluding hydrogens is 448 g/mol. The van der Waals surface area contributed by atoms with Crippen LogP contribution < -0.4 is 5.32 Å². The van der Waals surface area contributed by atoms with Gasteiger partial charge in [0.05, 0.1) is 17.2 Å². The van der Waals surface area contributed by atoms with Gasteiger partial charge in [-0.25, -0.2) is 0 Å². The van der Waals surface area contributed by atoms with E-state index in [1.807, 2.05) is 60.7 Å². The second kappa shape index (κ2) is 10.4. The molecule has 5 rings (SSSR count). The number of benzene rings is 4. The minimum absolute atomic E-state index is 0.132. The van der Waals surface area contributed by atoms with Crippen LogP contribution in [-0.2, 0) is 4.79 Å². The Hall–Kier alpha value is -4.51. The fourth-order valence-electron chi connectivity index (χ4n) is 4.58. The molecule has 1 aliphatic rings. The van der Waals surface area contributed by atoms with Gasteiger partial charge >= 0.3 is 0 Å². The predicted octanol–water partition coefficient (Wildman–Crippen LogP) is 5.64. The first-order valence-corrected chi connectivity index (χ1v) is 12.1. The number of carbonyl (C=O) groups excluding carboxylic acids is 3. The smallest absolute Gasteiger partial charge is 0.261 e. The van der Waals surface area contributed by atoms with Crippen molar-refractivity contribution in [2.75, 3.05) is 6.54 Å². The van der Waals surface area contributed by atoms with Gasteiger partial charge in [0.1, 0.15) is 0 Å². The van der Waals surface area contributed by atoms with Gasteiger partial charge in [-0.15, -0.1) is 0 Å². The number of amides is 3. The van der Waals surface area contributed by atoms with Gasteiger partial charge in [-0.3, -0.25) is 19.3 Å². The summed E-state index contributed by atoms with van der Waals surface area (Å²) in [5, 5.41) is 3.15. The zero-order valence-electron chi connectivity index (χ0n) is 19.8. The molecule has 0 bridgehead atoms. The summed E-state index contributed by atoms with van der Waals surface area (Å²) in [5.74, 6) is -0.721. The second-order valence-electron chi connectivity index (χ2n) is 8.81. The number of nitrogens with zero attached hydrogens (tertiary/aromatic N) is 1. The van der Waals surface area contributed by atoms with Crippen molar-refractivity contribution in [1.82, 2.24) is 10.2 Å². The lowest BCUT2D eigenvalue weighted by Crippen LogP contribution is -2.33. The molecule has 36 heavy (non-hydrogen) atoms. The molecule has 0 fully saturated rings. The molecule has 0 aliphatic carbocycles. The average molecular weight is 475 g/mol. The third kappa shape index (κ3) is 4.82. The lowest BCUT2D eigenvalue weighted by molar-refractivity contribution is -0.121. The Kier molecular flexibility index (Phi) is 6.72. The van der Waals surface area contributed by atoms with Crippen LogP contribution in [0.15, 0.2) is 109 Å². The molecule has 0 saturated carbocycles. The van der Waals surface area contributed by atoms with E-state index < -0.39 is 0 Å². The molecule has 1 atom stereocenters. The van der Waals surface area contributed by atoms with E-state index in [9.17, 15) is 14.4 Å². The van der Waals surface area contributed by atoms with Crippen molar-refractivity contribution in [3.63, 3.8) is 0 Å². The predicted molar refractivity (Wildman–Crippen MR) is 139 cm³/mol. The summed E-state index contributed by atoms with van der Waals surface area (Å²) in [4.78, 5) is 39.3. The SMILES string of the molecule is O=C(CCCN1C(=O)c2ccccc2C1=O)N[C@@H](c1ccccc1)c1ccc(-c2ccccc2)cc1. The molecule has 1 heterocycles. The zero-order valence-corrected chi connectivity index (χ0v) is 19.8. The highest BCUT2D eigenvalue weighted by Crippen LogP contribution is 2.26. The van der Waals surface area contributed by atoms with E-state index in [2.05, 4.69) is 29.6 Å². The van der Waals surface area contributed by atoms with Crippen molar-refractivity contribution in [2.24, 2.45) is 0 Å². The van der Waals surface area contributed by atoms with Crippen LogP contribution in [0.2, 0.25) is 0 Å². The maximum atomic E-state index is 12.9. The Balaban J connectivity index is 1.25. The zero-order chi connectivity index (χ0) is 24.9. The highest BCUT2D eigenvalue weighted by atomic mass is 16.2. The van der Waals surface area contributed by atoms with Crippen LogP contribution in [0.25, 0.3) is 11.1 Å². The van der Waals surface area contributed by atoms with Crippen LogP contribution in [0.3, 0.4) is 0 Å². The number of nitrogens with one attached hydrogen (secondary N) is 1. The first-order chi connectivity index (χ1) is 17.6. The first kappa shape index (κ1) is 23.2. The summed E-state index contributed by atoms with van der Waals surface area (Å²) in [6, 6.07) is 34.7. The van der Waals surface area contributed by atoms with Gasteiger partial charge in [0.2, 0.25) is 5.91 Å². The molecule has 1 N–H and O–H groups in total. The molecule has 3 amide bonds. The first-order valence-electron chi connectivity index (χ1n) is 12.1. The fraction of sp³-hybridized carbons (Fsp3) is 0.129. The number of imide groups is 1. The van der Waals surface area contributed by atoms with E-state index in [0.717, 1.165) is 22.3 Å². The maximum absolute atomic E-state index is 12.9. The lowest BCUT2D eigenvalue weighted by Gasteiger charge is -2.21. The maximum Gasteiger partial charge on any atom is 0.261 e. The van der Waals surface area contributed by atoms with Crippen molar-refractivity contribution < 1.29 is 14.4 Å². The standard InChI is InChI=1S/C31H26N2O3/c34-28(16-9-21-33-30(35)26-14-7-8-15-27(26)31(33)36)32-29(24-12-5-2-6-13-24)25-19-17-23(18-20-25)22-10-3-1-4-11-22/h1-8,10-15,17-20,29H,9,16,21H2,(H,32,34)/t29-/m0/s1. The number of carbonyl (C=O) groups is 3. The Labute approximate surface area is 210 Å².